The van der Waals surface area contributed by atoms with Crippen LogP contribution in [0, 0.1) is 17.0 Å². The van der Waals surface area contributed by atoms with E-state index in [0.717, 1.165) is 37.1 Å². The molecule has 1 aliphatic rings. The summed E-state index contributed by atoms with van der Waals surface area (Å²) in [7, 11) is 0. The summed E-state index contributed by atoms with van der Waals surface area (Å²) < 4.78 is 5.86. The zero-order chi connectivity index (χ0) is 13.8. The van der Waals surface area contributed by atoms with Gasteiger partial charge in [-0.15, -0.1) is 0 Å². The molecule has 5 heteroatoms. The smallest absolute Gasteiger partial charge is 0.269 e. The third-order valence-electron chi connectivity index (χ3n) is 3.44. The Labute approximate surface area is 113 Å². The second-order valence-electron chi connectivity index (χ2n) is 5.07. The molecular weight excluding hydrogens is 244 g/mol. The molecule has 1 aromatic rings. The van der Waals surface area contributed by atoms with Gasteiger partial charge in [-0.1, -0.05) is 6.92 Å². The highest BCUT2D eigenvalue weighted by atomic mass is 16.6. The predicted molar refractivity (Wildman–Crippen MR) is 73.6 cm³/mol. The van der Waals surface area contributed by atoms with Gasteiger partial charge in [0.05, 0.1) is 4.92 Å². The number of nitrogens with one attached hydrogen (secondary N) is 1. The SMILES string of the molecule is CCCNC1CC(Oc2ccc([N+](=O)[O-])cc2C)C1. The van der Waals surface area contributed by atoms with Crippen LogP contribution in [0.3, 0.4) is 0 Å². The van der Waals surface area contributed by atoms with Crippen molar-refractivity contribution in [2.45, 2.75) is 45.3 Å². The Bertz CT molecular complexity index is 456. The van der Waals surface area contributed by atoms with Gasteiger partial charge in [-0.25, -0.2) is 0 Å². The molecule has 0 heterocycles. The van der Waals surface area contributed by atoms with Crippen molar-refractivity contribution in [2.75, 3.05) is 6.54 Å². The first-order valence-electron chi connectivity index (χ1n) is 6.75. The summed E-state index contributed by atoms with van der Waals surface area (Å²) >= 11 is 0. The van der Waals surface area contributed by atoms with Crippen molar-refractivity contribution in [3.05, 3.63) is 33.9 Å². The molecule has 0 unspecified atom stereocenters. The first-order valence-corrected chi connectivity index (χ1v) is 6.75. The van der Waals surface area contributed by atoms with Crippen LogP contribution < -0.4 is 10.1 Å². The number of benzene rings is 1. The van der Waals surface area contributed by atoms with Crippen LogP contribution in [-0.2, 0) is 0 Å². The van der Waals surface area contributed by atoms with Crippen LogP contribution in [0.1, 0.15) is 31.7 Å². The molecule has 1 fully saturated rings. The van der Waals surface area contributed by atoms with E-state index in [1.807, 2.05) is 6.92 Å². The molecule has 1 N–H and O–H groups in total. The molecule has 0 spiro atoms. The molecule has 1 saturated carbocycles. The lowest BCUT2D eigenvalue weighted by Gasteiger charge is -2.36. The lowest BCUT2D eigenvalue weighted by Crippen LogP contribution is -2.47. The van der Waals surface area contributed by atoms with Gasteiger partial charge in [0.25, 0.3) is 5.69 Å². The fraction of sp³-hybridized carbons (Fsp3) is 0.571. The second-order valence-corrected chi connectivity index (χ2v) is 5.07. The van der Waals surface area contributed by atoms with Gasteiger partial charge in [0.1, 0.15) is 11.9 Å². The van der Waals surface area contributed by atoms with Crippen molar-refractivity contribution >= 4 is 5.69 Å². The number of nitrogens with zero attached hydrogens (tertiary/aromatic N) is 1. The fourth-order valence-electron chi connectivity index (χ4n) is 2.24. The largest absolute Gasteiger partial charge is 0.490 e. The van der Waals surface area contributed by atoms with Crippen LogP contribution in [0.4, 0.5) is 5.69 Å². The Kier molecular flexibility index (Phi) is 4.37. The highest BCUT2D eigenvalue weighted by Gasteiger charge is 2.30. The molecule has 19 heavy (non-hydrogen) atoms. The topological polar surface area (TPSA) is 64.4 Å². The molecule has 0 bridgehead atoms. The number of non-ortho nitro benzene ring substituents is 1. The Morgan fingerprint density at radius 1 is 1.47 bits per heavy atom. The minimum atomic E-state index is -0.384. The van der Waals surface area contributed by atoms with Crippen LogP contribution in [0.5, 0.6) is 5.75 Å². The van der Waals surface area contributed by atoms with Crippen molar-refractivity contribution in [3.63, 3.8) is 0 Å². The number of hydrogen-bond donors (Lipinski definition) is 1. The molecule has 0 radical (unpaired) electrons. The van der Waals surface area contributed by atoms with E-state index in [1.165, 1.54) is 6.07 Å². The van der Waals surface area contributed by atoms with Crippen LogP contribution in [0.25, 0.3) is 0 Å². The average molecular weight is 264 g/mol. The second kappa shape index (κ2) is 6.02. The standard InChI is InChI=1S/C14H20N2O3/c1-3-6-15-11-8-13(9-11)19-14-5-4-12(16(17)18)7-10(14)2/h4-5,7,11,13,15H,3,6,8-9H2,1-2H3. The Hall–Kier alpha value is -1.62. The lowest BCUT2D eigenvalue weighted by molar-refractivity contribution is -0.384. The zero-order valence-electron chi connectivity index (χ0n) is 11.4. The Balaban J connectivity index is 1.86. The number of nitro benzene ring substituents is 1. The van der Waals surface area contributed by atoms with Gasteiger partial charge in [0.15, 0.2) is 0 Å². The molecule has 0 saturated heterocycles. The van der Waals surface area contributed by atoms with Gasteiger partial charge in [-0.05, 0) is 44.4 Å². The molecule has 0 aliphatic heterocycles. The van der Waals surface area contributed by atoms with Crippen molar-refractivity contribution < 1.29 is 9.66 Å². The van der Waals surface area contributed by atoms with E-state index in [2.05, 4.69) is 12.2 Å². The van der Waals surface area contributed by atoms with Gasteiger partial charge < -0.3 is 10.1 Å². The first kappa shape index (κ1) is 13.8. The number of ether oxygens (including phenoxy) is 1. The summed E-state index contributed by atoms with van der Waals surface area (Å²) in [6, 6.07) is 5.30. The quantitative estimate of drug-likeness (QED) is 0.634. The third-order valence-corrected chi connectivity index (χ3v) is 3.44. The van der Waals surface area contributed by atoms with Crippen LogP contribution >= 0.6 is 0 Å². The van der Waals surface area contributed by atoms with Gasteiger partial charge in [0.2, 0.25) is 0 Å². The maximum atomic E-state index is 10.7. The average Bonchev–Trinajstić information content (AvgIpc) is 2.33. The van der Waals surface area contributed by atoms with Gasteiger partial charge >= 0.3 is 0 Å². The fourth-order valence-corrected chi connectivity index (χ4v) is 2.24. The molecule has 0 atom stereocenters. The number of aryl methyl sites for hydroxylation is 1. The third kappa shape index (κ3) is 3.44. The van der Waals surface area contributed by atoms with Crippen molar-refractivity contribution in [1.82, 2.24) is 5.32 Å². The number of hydrogen-bond acceptors (Lipinski definition) is 4. The molecule has 1 aromatic carbocycles. The molecule has 5 nitrogen and oxygen atoms in total. The van der Waals surface area contributed by atoms with Gasteiger partial charge in [-0.2, -0.15) is 0 Å². The lowest BCUT2D eigenvalue weighted by atomic mass is 9.89. The minimum absolute atomic E-state index is 0.112. The Morgan fingerprint density at radius 2 is 2.21 bits per heavy atom. The summed E-state index contributed by atoms with van der Waals surface area (Å²) in [5.41, 5.74) is 0.931. The highest BCUT2D eigenvalue weighted by molar-refractivity contribution is 5.43. The predicted octanol–water partition coefficient (Wildman–Crippen LogP) is 2.81. The molecular formula is C14H20N2O3. The summed E-state index contributed by atoms with van der Waals surface area (Å²) in [5, 5.41) is 14.1. The maximum absolute atomic E-state index is 10.7. The van der Waals surface area contributed by atoms with Crippen LogP contribution in [0.15, 0.2) is 18.2 Å². The highest BCUT2D eigenvalue weighted by Crippen LogP contribution is 2.29. The molecule has 1 aliphatic carbocycles. The van der Waals surface area contributed by atoms with E-state index < -0.39 is 0 Å². The number of nitro groups is 1. The Morgan fingerprint density at radius 3 is 2.79 bits per heavy atom. The van der Waals surface area contributed by atoms with Gasteiger partial charge in [0, 0.05) is 18.2 Å². The maximum Gasteiger partial charge on any atom is 0.269 e. The van der Waals surface area contributed by atoms with E-state index in [4.69, 9.17) is 4.74 Å². The number of rotatable bonds is 6. The van der Waals surface area contributed by atoms with E-state index in [1.54, 1.807) is 12.1 Å². The molecule has 2 rings (SSSR count). The van der Waals surface area contributed by atoms with Gasteiger partial charge in [-0.3, -0.25) is 10.1 Å². The van der Waals surface area contributed by atoms with Crippen LogP contribution in [-0.4, -0.2) is 23.6 Å². The van der Waals surface area contributed by atoms with Crippen molar-refractivity contribution in [3.8, 4) is 5.75 Å². The molecule has 104 valence electrons. The monoisotopic (exact) mass is 264 g/mol. The molecule has 0 aromatic heterocycles. The summed E-state index contributed by atoms with van der Waals surface area (Å²) in [6.07, 6.45) is 3.39. The van der Waals surface area contributed by atoms with Crippen LogP contribution in [0.2, 0.25) is 0 Å². The van der Waals surface area contributed by atoms with E-state index in [0.29, 0.717) is 6.04 Å². The van der Waals surface area contributed by atoms with E-state index >= 15 is 0 Å². The van der Waals surface area contributed by atoms with E-state index in [9.17, 15) is 10.1 Å². The summed E-state index contributed by atoms with van der Waals surface area (Å²) in [4.78, 5) is 10.3. The summed E-state index contributed by atoms with van der Waals surface area (Å²) in [5.74, 6) is 0.754. The first-order chi connectivity index (χ1) is 9.10. The normalized spacial score (nSPS) is 21.8. The minimum Gasteiger partial charge on any atom is -0.490 e. The molecule has 0 amide bonds. The zero-order valence-corrected chi connectivity index (χ0v) is 11.4. The summed E-state index contributed by atoms with van der Waals surface area (Å²) in [6.45, 7) is 5.04. The van der Waals surface area contributed by atoms with Crippen molar-refractivity contribution in [2.24, 2.45) is 0 Å². The van der Waals surface area contributed by atoms with Crippen molar-refractivity contribution in [1.29, 1.82) is 0 Å². The van der Waals surface area contributed by atoms with E-state index in [-0.39, 0.29) is 16.7 Å².